The van der Waals surface area contributed by atoms with Crippen LogP contribution in [-0.2, 0) is 5.75 Å². The predicted octanol–water partition coefficient (Wildman–Crippen LogP) is 0.522. The molecule has 1 aliphatic rings. The minimum Gasteiger partial charge on any atom is -0.339 e. The van der Waals surface area contributed by atoms with Crippen LogP contribution in [0.25, 0.3) is 0 Å². The van der Waals surface area contributed by atoms with E-state index >= 15 is 0 Å². The second-order valence-corrected chi connectivity index (χ2v) is 3.90. The zero-order valence-corrected chi connectivity index (χ0v) is 7.51. The van der Waals surface area contributed by atoms with Crippen molar-refractivity contribution in [1.29, 1.82) is 0 Å². The van der Waals surface area contributed by atoms with Gasteiger partial charge in [-0.25, -0.2) is 0 Å². The summed E-state index contributed by atoms with van der Waals surface area (Å²) in [6.45, 7) is 2.33. The molecule has 0 radical (unpaired) electrons. The number of hydrogen-bond donors (Lipinski definition) is 1. The molecule has 66 valence electrons. The molecule has 0 saturated carbocycles. The van der Waals surface area contributed by atoms with Gasteiger partial charge in [-0.15, -0.1) is 0 Å². The molecule has 12 heavy (non-hydrogen) atoms. The van der Waals surface area contributed by atoms with Crippen molar-refractivity contribution in [2.75, 3.05) is 18.8 Å². The normalized spacial score (nSPS) is 17.7. The van der Waals surface area contributed by atoms with Crippen LogP contribution in [0.2, 0.25) is 0 Å². The lowest BCUT2D eigenvalue weighted by molar-refractivity contribution is 0.382. The largest absolute Gasteiger partial charge is 0.339 e. The Morgan fingerprint density at radius 2 is 2.58 bits per heavy atom. The summed E-state index contributed by atoms with van der Waals surface area (Å²) in [5, 5.41) is 6.78. The fourth-order valence-corrected chi connectivity index (χ4v) is 2.03. The number of thioether (sulfide) groups is 1. The van der Waals surface area contributed by atoms with Crippen LogP contribution >= 0.6 is 11.8 Å². The summed E-state index contributed by atoms with van der Waals surface area (Å²) in [7, 11) is 0. The van der Waals surface area contributed by atoms with Gasteiger partial charge in [0.05, 0.1) is 5.75 Å². The smallest absolute Gasteiger partial charge is 0.236 e. The molecule has 2 rings (SSSR count). The molecule has 0 aromatic carbocycles. The van der Waals surface area contributed by atoms with Crippen LogP contribution in [0.4, 0.5) is 0 Å². The summed E-state index contributed by atoms with van der Waals surface area (Å²) in [5.74, 6) is 3.61. The van der Waals surface area contributed by atoms with E-state index in [1.54, 1.807) is 0 Å². The number of hydrogen-bond acceptors (Lipinski definition) is 5. The van der Waals surface area contributed by atoms with Crippen molar-refractivity contribution in [3.8, 4) is 0 Å². The van der Waals surface area contributed by atoms with E-state index in [0.717, 1.165) is 30.7 Å². The summed E-state index contributed by atoms with van der Waals surface area (Å²) in [5.41, 5.74) is 0. The Labute approximate surface area is 75.1 Å². The third-order valence-corrected chi connectivity index (χ3v) is 3.01. The van der Waals surface area contributed by atoms with E-state index in [1.165, 1.54) is 12.1 Å². The molecule has 1 aliphatic heterocycles. The second-order valence-electron chi connectivity index (χ2n) is 2.87. The number of nitrogens with zero attached hydrogens (tertiary/aromatic N) is 2. The maximum Gasteiger partial charge on any atom is 0.236 e. The van der Waals surface area contributed by atoms with Gasteiger partial charge in [0.15, 0.2) is 6.33 Å². The van der Waals surface area contributed by atoms with E-state index in [9.17, 15) is 0 Å². The summed E-state index contributed by atoms with van der Waals surface area (Å²) in [6, 6.07) is 0. The van der Waals surface area contributed by atoms with Gasteiger partial charge >= 0.3 is 0 Å². The summed E-state index contributed by atoms with van der Waals surface area (Å²) >= 11 is 1.86. The van der Waals surface area contributed by atoms with Crippen molar-refractivity contribution in [3.05, 3.63) is 12.2 Å². The van der Waals surface area contributed by atoms with Gasteiger partial charge < -0.3 is 9.84 Å². The molecule has 1 aromatic rings. The highest BCUT2D eigenvalue weighted by Gasteiger charge is 2.16. The van der Waals surface area contributed by atoms with Crippen molar-refractivity contribution in [1.82, 2.24) is 15.5 Å². The highest BCUT2D eigenvalue weighted by molar-refractivity contribution is 7.98. The van der Waals surface area contributed by atoms with Crippen LogP contribution in [0.1, 0.15) is 5.89 Å². The molecule has 1 fully saturated rings. The maximum atomic E-state index is 4.87. The van der Waals surface area contributed by atoms with Gasteiger partial charge in [0.2, 0.25) is 5.89 Å². The van der Waals surface area contributed by atoms with E-state index in [4.69, 9.17) is 4.52 Å². The minimum absolute atomic E-state index is 0.729. The third kappa shape index (κ3) is 1.98. The molecule has 1 saturated heterocycles. The van der Waals surface area contributed by atoms with Crippen molar-refractivity contribution in [2.45, 2.75) is 5.75 Å². The van der Waals surface area contributed by atoms with Crippen LogP contribution in [0.3, 0.4) is 0 Å². The van der Waals surface area contributed by atoms with Gasteiger partial charge in [-0.1, -0.05) is 5.16 Å². The predicted molar refractivity (Wildman–Crippen MR) is 46.8 cm³/mol. The number of aromatic nitrogens is 2. The molecular formula is C7H11N3OS. The quantitative estimate of drug-likeness (QED) is 0.741. The Kier molecular flexibility index (Phi) is 2.63. The molecule has 1 N–H and O–H groups in total. The van der Waals surface area contributed by atoms with Crippen molar-refractivity contribution < 1.29 is 4.52 Å². The molecule has 1 aromatic heterocycles. The van der Waals surface area contributed by atoms with Gasteiger partial charge in [0, 0.05) is 0 Å². The topological polar surface area (TPSA) is 51.0 Å². The lowest BCUT2D eigenvalue weighted by Gasteiger charge is -2.26. The first kappa shape index (κ1) is 8.07. The summed E-state index contributed by atoms with van der Waals surface area (Å²) in [4.78, 5) is 3.94. The summed E-state index contributed by atoms with van der Waals surface area (Å²) in [6.07, 6.45) is 1.45. The third-order valence-electron chi connectivity index (χ3n) is 1.85. The number of rotatable bonds is 4. The minimum atomic E-state index is 0.729. The monoisotopic (exact) mass is 185 g/mol. The number of nitrogens with one attached hydrogen (secondary N) is 1. The Bertz CT molecular complexity index is 223. The Hall–Kier alpha value is -0.550. The molecule has 0 amide bonds. The molecule has 0 unspecified atom stereocenters. The standard InChI is InChI=1S/C7H11N3OS/c1-6(2-8-1)3-12-4-7-9-5-10-11-7/h5-6,8H,1-4H2. The fourth-order valence-electron chi connectivity index (χ4n) is 1.04. The van der Waals surface area contributed by atoms with E-state index in [2.05, 4.69) is 15.5 Å². The Morgan fingerprint density at radius 3 is 3.17 bits per heavy atom. The average Bonchev–Trinajstić information content (AvgIpc) is 2.46. The average molecular weight is 185 g/mol. The van der Waals surface area contributed by atoms with Crippen LogP contribution in [0, 0.1) is 5.92 Å². The first-order chi connectivity index (χ1) is 5.95. The first-order valence-corrected chi connectivity index (χ1v) is 5.14. The van der Waals surface area contributed by atoms with E-state index in [-0.39, 0.29) is 0 Å². The van der Waals surface area contributed by atoms with Gasteiger partial charge in [-0.05, 0) is 24.8 Å². The highest BCUT2D eigenvalue weighted by Crippen LogP contribution is 2.15. The first-order valence-electron chi connectivity index (χ1n) is 3.99. The Morgan fingerprint density at radius 1 is 1.67 bits per heavy atom. The van der Waals surface area contributed by atoms with E-state index in [0.29, 0.717) is 0 Å². The van der Waals surface area contributed by atoms with Gasteiger partial charge in [0.25, 0.3) is 0 Å². The van der Waals surface area contributed by atoms with Crippen LogP contribution in [0.15, 0.2) is 10.9 Å². The van der Waals surface area contributed by atoms with E-state index in [1.807, 2.05) is 11.8 Å². The van der Waals surface area contributed by atoms with Gasteiger partial charge in [-0.3, -0.25) is 0 Å². The zero-order valence-electron chi connectivity index (χ0n) is 6.69. The molecule has 5 heteroatoms. The van der Waals surface area contributed by atoms with Gasteiger partial charge in [-0.2, -0.15) is 16.7 Å². The lowest BCUT2D eigenvalue weighted by Crippen LogP contribution is -2.43. The van der Waals surface area contributed by atoms with Crippen molar-refractivity contribution in [3.63, 3.8) is 0 Å². The molecule has 2 heterocycles. The fraction of sp³-hybridized carbons (Fsp3) is 0.714. The highest BCUT2D eigenvalue weighted by atomic mass is 32.2. The second kappa shape index (κ2) is 3.91. The molecule has 0 atom stereocenters. The molecular weight excluding hydrogens is 174 g/mol. The molecule has 0 spiro atoms. The van der Waals surface area contributed by atoms with Crippen molar-refractivity contribution >= 4 is 11.8 Å². The van der Waals surface area contributed by atoms with Crippen LogP contribution in [0.5, 0.6) is 0 Å². The van der Waals surface area contributed by atoms with Crippen molar-refractivity contribution in [2.24, 2.45) is 5.92 Å². The molecule has 0 bridgehead atoms. The van der Waals surface area contributed by atoms with Crippen LogP contribution < -0.4 is 5.32 Å². The zero-order chi connectivity index (χ0) is 8.23. The Balaban J connectivity index is 1.62. The van der Waals surface area contributed by atoms with Gasteiger partial charge in [0.1, 0.15) is 0 Å². The van der Waals surface area contributed by atoms with Crippen LogP contribution in [-0.4, -0.2) is 29.0 Å². The molecule has 0 aliphatic carbocycles. The summed E-state index contributed by atoms with van der Waals surface area (Å²) < 4.78 is 4.87. The lowest BCUT2D eigenvalue weighted by atomic mass is 10.1. The molecule has 4 nitrogen and oxygen atoms in total. The maximum absolute atomic E-state index is 4.87. The SMILES string of the molecule is c1noc(CSCC2CNC2)n1. The van der Waals surface area contributed by atoms with E-state index < -0.39 is 0 Å².